The monoisotopic (exact) mass is 757 g/mol. The average molecular weight is 757 g/mol. The van der Waals surface area contributed by atoms with Gasteiger partial charge in [0, 0.05) is 12.8 Å². The number of rotatable bonds is 37. The maximum Gasteiger partial charge on any atom is 0.472 e. The van der Waals surface area contributed by atoms with Gasteiger partial charge in [0.25, 0.3) is 0 Å². The Balaban J connectivity index is 4.38. The van der Waals surface area contributed by atoms with Crippen LogP contribution in [0.15, 0.2) is 36.5 Å². The second-order valence-electron chi connectivity index (χ2n) is 15.0. The third-order valence-corrected chi connectivity index (χ3v) is 9.63. The number of quaternary nitrogens is 1. The number of nitrogens with zero attached hydrogens (tertiary/aromatic N) is 1. The molecule has 0 aromatic carbocycles. The maximum absolute atomic E-state index is 12.6. The molecular weight excluding hydrogens is 677 g/mol. The second kappa shape index (κ2) is 35.0. The van der Waals surface area contributed by atoms with E-state index in [9.17, 15) is 19.0 Å². The van der Waals surface area contributed by atoms with Crippen molar-refractivity contribution in [2.24, 2.45) is 0 Å². The van der Waals surface area contributed by atoms with Crippen molar-refractivity contribution >= 4 is 19.8 Å². The Morgan fingerprint density at radius 1 is 0.596 bits per heavy atom. The van der Waals surface area contributed by atoms with Crippen LogP contribution in [0.2, 0.25) is 0 Å². The van der Waals surface area contributed by atoms with Crippen LogP contribution in [-0.4, -0.2) is 74.9 Å². The van der Waals surface area contributed by atoms with E-state index in [1.54, 1.807) is 0 Å². The Bertz CT molecular complexity index is 991. The summed E-state index contributed by atoms with van der Waals surface area (Å²) in [5.74, 6) is -0.821. The molecule has 0 heterocycles. The molecule has 0 amide bonds. The third-order valence-electron chi connectivity index (χ3n) is 8.64. The summed E-state index contributed by atoms with van der Waals surface area (Å²) in [4.78, 5) is 35.2. The predicted octanol–water partition coefficient (Wildman–Crippen LogP) is 11.4. The smallest absolute Gasteiger partial charge is 0.462 e. The largest absolute Gasteiger partial charge is 0.472 e. The highest BCUT2D eigenvalue weighted by Crippen LogP contribution is 2.43. The van der Waals surface area contributed by atoms with Crippen LogP contribution in [0, 0.1) is 0 Å². The lowest BCUT2D eigenvalue weighted by atomic mass is 10.1. The Morgan fingerprint density at radius 3 is 1.60 bits per heavy atom. The molecule has 0 aliphatic carbocycles. The second-order valence-corrected chi connectivity index (χ2v) is 16.5. The quantitative estimate of drug-likeness (QED) is 0.0219. The van der Waals surface area contributed by atoms with Crippen LogP contribution in [0.4, 0.5) is 0 Å². The van der Waals surface area contributed by atoms with E-state index in [-0.39, 0.29) is 32.0 Å². The minimum Gasteiger partial charge on any atom is -0.462 e. The lowest BCUT2D eigenvalue weighted by molar-refractivity contribution is -0.870. The Kier molecular flexibility index (Phi) is 33.8. The fourth-order valence-corrected chi connectivity index (χ4v) is 6.06. The molecule has 0 aliphatic heterocycles. The van der Waals surface area contributed by atoms with E-state index in [1.165, 1.54) is 57.8 Å². The molecular formula is C42H79NO8P+. The normalized spacial score (nSPS) is 14.0. The fraction of sp³-hybridized carbons (Fsp3) is 0.810. The number of carbonyl (C=O) groups is 2. The van der Waals surface area contributed by atoms with Crippen LogP contribution in [0.5, 0.6) is 0 Å². The first-order chi connectivity index (χ1) is 25.0. The van der Waals surface area contributed by atoms with Crippen molar-refractivity contribution in [3.8, 4) is 0 Å². The highest BCUT2D eigenvalue weighted by atomic mass is 31.2. The molecule has 9 nitrogen and oxygen atoms in total. The van der Waals surface area contributed by atoms with Crippen LogP contribution >= 0.6 is 7.82 Å². The summed E-state index contributed by atoms with van der Waals surface area (Å²) in [5, 5.41) is 0. The number of hydrogen-bond acceptors (Lipinski definition) is 7. The summed E-state index contributed by atoms with van der Waals surface area (Å²) in [6.07, 6.45) is 37.6. The molecule has 0 aromatic heterocycles. The highest BCUT2D eigenvalue weighted by molar-refractivity contribution is 7.47. The standard InChI is InChI=1S/C42H78NO8P/c1-6-8-10-12-14-16-18-19-20-21-22-23-25-26-28-30-32-34-41(44)48-38-40(39-50-52(46,47)49-37-36-43(3,4)5)51-42(45)35-33-31-29-27-24-17-15-13-11-9-7-2/h13-16,19-20,40H,6-12,17-18,21-39H2,1-5H3/p+1/b15-13-,16-14-,20-19-/t40-/m1/s1. The first-order valence-electron chi connectivity index (χ1n) is 20.7. The molecule has 304 valence electrons. The predicted molar refractivity (Wildman–Crippen MR) is 215 cm³/mol. The van der Waals surface area contributed by atoms with Crippen molar-refractivity contribution < 1.29 is 42.1 Å². The number of phosphoric ester groups is 1. The number of hydrogen-bond donors (Lipinski definition) is 1. The van der Waals surface area contributed by atoms with E-state index in [0.29, 0.717) is 17.4 Å². The number of unbranched alkanes of at least 4 members (excludes halogenated alkanes) is 17. The highest BCUT2D eigenvalue weighted by Gasteiger charge is 2.27. The number of esters is 2. The molecule has 0 radical (unpaired) electrons. The summed E-state index contributed by atoms with van der Waals surface area (Å²) in [6.45, 7) is 4.33. The van der Waals surface area contributed by atoms with E-state index in [0.717, 1.165) is 77.0 Å². The molecule has 0 saturated heterocycles. The molecule has 10 heteroatoms. The first-order valence-corrected chi connectivity index (χ1v) is 22.2. The van der Waals surface area contributed by atoms with Gasteiger partial charge in [0.15, 0.2) is 6.10 Å². The van der Waals surface area contributed by atoms with E-state index in [4.69, 9.17) is 18.5 Å². The molecule has 0 spiro atoms. The number of phosphoric acid groups is 1. The summed E-state index contributed by atoms with van der Waals surface area (Å²) in [5.41, 5.74) is 0. The van der Waals surface area contributed by atoms with E-state index in [1.807, 2.05) is 21.1 Å². The molecule has 0 saturated carbocycles. The van der Waals surface area contributed by atoms with Gasteiger partial charge in [-0.1, -0.05) is 127 Å². The first kappa shape index (κ1) is 50.2. The summed E-state index contributed by atoms with van der Waals surface area (Å²) < 4.78 is 34.2. The van der Waals surface area contributed by atoms with E-state index in [2.05, 4.69) is 50.3 Å². The molecule has 0 aliphatic rings. The Morgan fingerprint density at radius 2 is 1.06 bits per heavy atom. The fourth-order valence-electron chi connectivity index (χ4n) is 5.32. The summed E-state index contributed by atoms with van der Waals surface area (Å²) in [6, 6.07) is 0. The van der Waals surface area contributed by atoms with Gasteiger partial charge in [-0.3, -0.25) is 18.6 Å². The van der Waals surface area contributed by atoms with Gasteiger partial charge in [-0.25, -0.2) is 4.57 Å². The maximum atomic E-state index is 12.6. The zero-order valence-corrected chi connectivity index (χ0v) is 34.9. The van der Waals surface area contributed by atoms with E-state index < -0.39 is 26.5 Å². The minimum absolute atomic E-state index is 0.0283. The van der Waals surface area contributed by atoms with Gasteiger partial charge < -0.3 is 18.9 Å². The summed E-state index contributed by atoms with van der Waals surface area (Å²) >= 11 is 0. The molecule has 0 rings (SSSR count). The Labute approximate surface area is 319 Å². The van der Waals surface area contributed by atoms with Crippen molar-refractivity contribution in [2.75, 3.05) is 47.5 Å². The zero-order valence-electron chi connectivity index (χ0n) is 34.0. The van der Waals surface area contributed by atoms with Crippen LogP contribution in [0.3, 0.4) is 0 Å². The molecule has 52 heavy (non-hydrogen) atoms. The van der Waals surface area contributed by atoms with Gasteiger partial charge in [-0.05, 0) is 64.2 Å². The van der Waals surface area contributed by atoms with Gasteiger partial charge in [0.05, 0.1) is 27.7 Å². The topological polar surface area (TPSA) is 108 Å². The van der Waals surface area contributed by atoms with Crippen LogP contribution < -0.4 is 0 Å². The molecule has 0 bridgehead atoms. The molecule has 2 atom stereocenters. The van der Waals surface area contributed by atoms with Crippen LogP contribution in [-0.2, 0) is 32.7 Å². The molecule has 0 fully saturated rings. The number of allylic oxidation sites excluding steroid dienone is 6. The van der Waals surface area contributed by atoms with Crippen molar-refractivity contribution in [1.29, 1.82) is 0 Å². The summed E-state index contributed by atoms with van der Waals surface area (Å²) in [7, 11) is 1.46. The van der Waals surface area contributed by atoms with E-state index >= 15 is 0 Å². The van der Waals surface area contributed by atoms with Crippen molar-refractivity contribution in [2.45, 2.75) is 174 Å². The van der Waals surface area contributed by atoms with Gasteiger partial charge in [-0.2, -0.15) is 0 Å². The number of carbonyl (C=O) groups excluding carboxylic acids is 2. The minimum atomic E-state index is -4.37. The SMILES string of the molecule is CCCC/C=C\CCCCCCCC(=O)O[C@H](COC(=O)CCCCCCCCC/C=C\C/C=C\CCCCC)COP(=O)(O)OCC[N+](C)(C)C. The van der Waals surface area contributed by atoms with Gasteiger partial charge in [0.1, 0.15) is 19.8 Å². The van der Waals surface area contributed by atoms with Crippen molar-refractivity contribution in [3.05, 3.63) is 36.5 Å². The van der Waals surface area contributed by atoms with Crippen molar-refractivity contribution in [3.63, 3.8) is 0 Å². The van der Waals surface area contributed by atoms with Crippen molar-refractivity contribution in [1.82, 2.24) is 0 Å². The Hall–Kier alpha value is -1.77. The van der Waals surface area contributed by atoms with Gasteiger partial charge in [0.2, 0.25) is 0 Å². The van der Waals surface area contributed by atoms with Gasteiger partial charge >= 0.3 is 19.8 Å². The van der Waals surface area contributed by atoms with Crippen LogP contribution in [0.25, 0.3) is 0 Å². The number of ether oxygens (including phenoxy) is 2. The lowest BCUT2D eigenvalue weighted by Crippen LogP contribution is -2.37. The lowest BCUT2D eigenvalue weighted by Gasteiger charge is -2.24. The zero-order chi connectivity index (χ0) is 38.6. The molecule has 1 N–H and O–H groups in total. The molecule has 1 unspecified atom stereocenters. The average Bonchev–Trinajstić information content (AvgIpc) is 3.09. The number of likely N-dealkylation sites (N-methyl/N-ethyl adjacent to an activating group) is 1. The van der Waals surface area contributed by atoms with Crippen LogP contribution in [0.1, 0.15) is 168 Å². The molecule has 0 aromatic rings. The van der Waals surface area contributed by atoms with Gasteiger partial charge in [-0.15, -0.1) is 0 Å². The third kappa shape index (κ3) is 38.0.